The molecule has 31 heavy (non-hydrogen) atoms. The zero-order valence-electron chi connectivity index (χ0n) is 17.6. The Hall–Kier alpha value is -2.90. The van der Waals surface area contributed by atoms with Gasteiger partial charge in [0.25, 0.3) is 11.7 Å². The van der Waals surface area contributed by atoms with Gasteiger partial charge in [0.2, 0.25) is 0 Å². The molecular weight excluding hydrogens is 423 g/mol. The number of ketones is 1. The van der Waals surface area contributed by atoms with Crippen LogP contribution in [0.4, 0.5) is 4.39 Å². The number of aliphatic hydroxyl groups is 1. The van der Waals surface area contributed by atoms with Crippen LogP contribution in [0.3, 0.4) is 0 Å². The summed E-state index contributed by atoms with van der Waals surface area (Å²) >= 11 is 6.18. The topological polar surface area (TPSA) is 70.1 Å². The van der Waals surface area contributed by atoms with Crippen molar-refractivity contribution in [1.29, 1.82) is 0 Å². The molecule has 1 amide bonds. The van der Waals surface area contributed by atoms with E-state index >= 15 is 0 Å². The number of rotatable bonds is 7. The Labute approximate surface area is 185 Å². The number of likely N-dealkylation sites (tertiary alicyclic amines) is 1. The van der Waals surface area contributed by atoms with Crippen molar-refractivity contribution in [2.24, 2.45) is 0 Å². The van der Waals surface area contributed by atoms with E-state index in [-0.39, 0.29) is 21.9 Å². The van der Waals surface area contributed by atoms with Gasteiger partial charge in [-0.25, -0.2) is 4.39 Å². The minimum Gasteiger partial charge on any atom is -0.507 e. The van der Waals surface area contributed by atoms with E-state index in [1.807, 2.05) is 19.0 Å². The number of hydrogen-bond donors (Lipinski definition) is 1. The second-order valence-corrected chi connectivity index (χ2v) is 7.96. The van der Waals surface area contributed by atoms with Crippen molar-refractivity contribution in [3.8, 4) is 5.75 Å². The van der Waals surface area contributed by atoms with Crippen LogP contribution in [0, 0.1) is 5.82 Å². The van der Waals surface area contributed by atoms with E-state index < -0.39 is 23.5 Å². The van der Waals surface area contributed by atoms with Crippen LogP contribution >= 0.6 is 11.6 Å². The predicted molar refractivity (Wildman–Crippen MR) is 117 cm³/mol. The molecule has 3 rings (SSSR count). The quantitative estimate of drug-likeness (QED) is 0.397. The van der Waals surface area contributed by atoms with Crippen LogP contribution in [0.25, 0.3) is 5.76 Å². The van der Waals surface area contributed by atoms with E-state index in [2.05, 4.69) is 0 Å². The number of nitrogens with zero attached hydrogens (tertiary/aromatic N) is 2. The first-order valence-electron chi connectivity index (χ1n) is 9.77. The molecule has 0 radical (unpaired) electrons. The van der Waals surface area contributed by atoms with E-state index in [9.17, 15) is 19.1 Å². The molecule has 1 unspecified atom stereocenters. The first kappa shape index (κ1) is 22.8. The number of aliphatic hydroxyl groups excluding tert-OH is 1. The summed E-state index contributed by atoms with van der Waals surface area (Å²) in [5.74, 6) is -1.85. The summed E-state index contributed by atoms with van der Waals surface area (Å²) in [7, 11) is 5.30. The fraction of sp³-hybridized carbons (Fsp3) is 0.304. The monoisotopic (exact) mass is 446 g/mol. The molecule has 0 aliphatic carbocycles. The molecule has 1 fully saturated rings. The summed E-state index contributed by atoms with van der Waals surface area (Å²) in [5, 5.41) is 11.3. The highest BCUT2D eigenvalue weighted by Gasteiger charge is 2.45. The lowest BCUT2D eigenvalue weighted by Crippen LogP contribution is -2.32. The van der Waals surface area contributed by atoms with Crippen LogP contribution in [0.1, 0.15) is 23.6 Å². The van der Waals surface area contributed by atoms with E-state index in [0.29, 0.717) is 30.8 Å². The summed E-state index contributed by atoms with van der Waals surface area (Å²) in [6.45, 7) is 1.03. The minimum absolute atomic E-state index is 0.0531. The smallest absolute Gasteiger partial charge is 0.295 e. The molecule has 1 aliphatic rings. The van der Waals surface area contributed by atoms with Crippen LogP contribution in [-0.4, -0.2) is 60.9 Å². The van der Waals surface area contributed by atoms with Gasteiger partial charge in [-0.3, -0.25) is 9.59 Å². The standard InChI is InChI=1S/C23H24ClFN2O4/c1-26(2)11-4-12-27-20(14-5-8-16(25)9-6-14)19(22(29)23(27)30)21(28)15-7-10-18(31-3)17(24)13-15/h5-10,13,20,28H,4,11-12H2,1-3H3/b21-19-. The largest absolute Gasteiger partial charge is 0.507 e. The van der Waals surface area contributed by atoms with Gasteiger partial charge in [-0.05, 0) is 63.0 Å². The number of ether oxygens (including phenoxy) is 1. The Balaban J connectivity index is 2.10. The third-order valence-electron chi connectivity index (χ3n) is 5.16. The van der Waals surface area contributed by atoms with Crippen LogP contribution in [-0.2, 0) is 9.59 Å². The van der Waals surface area contributed by atoms with Crippen molar-refractivity contribution in [3.05, 3.63) is 70.0 Å². The first-order valence-corrected chi connectivity index (χ1v) is 10.1. The molecule has 1 saturated heterocycles. The van der Waals surface area contributed by atoms with Gasteiger partial charge in [-0.15, -0.1) is 0 Å². The van der Waals surface area contributed by atoms with Gasteiger partial charge in [0.15, 0.2) is 0 Å². The van der Waals surface area contributed by atoms with E-state index in [1.54, 1.807) is 12.1 Å². The Morgan fingerprint density at radius 3 is 2.45 bits per heavy atom. The molecule has 0 spiro atoms. The average molecular weight is 447 g/mol. The number of halogens is 2. The Bertz CT molecular complexity index is 1020. The Morgan fingerprint density at radius 2 is 1.87 bits per heavy atom. The molecule has 1 aliphatic heterocycles. The second-order valence-electron chi connectivity index (χ2n) is 7.55. The summed E-state index contributed by atoms with van der Waals surface area (Å²) < 4.78 is 18.6. The lowest BCUT2D eigenvalue weighted by Gasteiger charge is -2.26. The number of Topliss-reactive ketones (excluding diaryl/α,β-unsaturated/α-hetero) is 1. The molecule has 1 heterocycles. The van der Waals surface area contributed by atoms with E-state index in [0.717, 1.165) is 0 Å². The summed E-state index contributed by atoms with van der Waals surface area (Å²) in [6.07, 6.45) is 0.631. The van der Waals surface area contributed by atoms with Crippen LogP contribution in [0.2, 0.25) is 5.02 Å². The minimum atomic E-state index is -0.830. The summed E-state index contributed by atoms with van der Waals surface area (Å²) in [5.41, 5.74) is 0.763. The van der Waals surface area contributed by atoms with Gasteiger partial charge >= 0.3 is 0 Å². The lowest BCUT2D eigenvalue weighted by molar-refractivity contribution is -0.139. The van der Waals surface area contributed by atoms with Gasteiger partial charge in [0, 0.05) is 12.1 Å². The summed E-state index contributed by atoms with van der Waals surface area (Å²) in [6, 6.07) is 9.32. The molecule has 2 aromatic carbocycles. The molecule has 2 aromatic rings. The molecule has 6 nitrogen and oxygen atoms in total. The van der Waals surface area contributed by atoms with E-state index in [1.165, 1.54) is 42.3 Å². The third-order valence-corrected chi connectivity index (χ3v) is 5.45. The highest BCUT2D eigenvalue weighted by molar-refractivity contribution is 6.46. The van der Waals surface area contributed by atoms with Gasteiger partial charge in [0.1, 0.15) is 17.3 Å². The molecule has 0 aromatic heterocycles. The molecule has 1 atom stereocenters. The number of hydrogen-bond acceptors (Lipinski definition) is 5. The predicted octanol–water partition coefficient (Wildman–Crippen LogP) is 3.86. The van der Waals surface area contributed by atoms with Crippen LogP contribution < -0.4 is 4.74 Å². The van der Waals surface area contributed by atoms with Gasteiger partial charge in [0.05, 0.1) is 23.7 Å². The Morgan fingerprint density at radius 1 is 1.19 bits per heavy atom. The van der Waals surface area contributed by atoms with Gasteiger partial charge in [-0.2, -0.15) is 0 Å². The fourth-order valence-corrected chi connectivity index (χ4v) is 3.89. The SMILES string of the molecule is COc1ccc(/C(O)=C2/C(=O)C(=O)N(CCCN(C)C)C2c2ccc(F)cc2)cc1Cl. The number of carbonyl (C=O) groups is 2. The lowest BCUT2D eigenvalue weighted by atomic mass is 9.95. The zero-order chi connectivity index (χ0) is 22.7. The molecule has 8 heteroatoms. The number of methoxy groups -OCH3 is 1. The van der Waals surface area contributed by atoms with E-state index in [4.69, 9.17) is 16.3 Å². The van der Waals surface area contributed by atoms with Crippen molar-refractivity contribution in [2.45, 2.75) is 12.5 Å². The van der Waals surface area contributed by atoms with Crippen molar-refractivity contribution in [3.63, 3.8) is 0 Å². The molecule has 0 bridgehead atoms. The zero-order valence-corrected chi connectivity index (χ0v) is 18.3. The summed E-state index contributed by atoms with van der Waals surface area (Å²) in [4.78, 5) is 29.2. The maximum absolute atomic E-state index is 13.5. The number of carbonyl (C=O) groups excluding carboxylic acids is 2. The molecule has 164 valence electrons. The van der Waals surface area contributed by atoms with Crippen LogP contribution in [0.5, 0.6) is 5.75 Å². The normalized spacial score (nSPS) is 18.1. The fourth-order valence-electron chi connectivity index (χ4n) is 3.63. The molecular formula is C23H24ClFN2O4. The van der Waals surface area contributed by atoms with Crippen molar-refractivity contribution >= 4 is 29.1 Å². The number of amides is 1. The molecule has 0 saturated carbocycles. The van der Waals surface area contributed by atoms with Crippen molar-refractivity contribution in [2.75, 3.05) is 34.3 Å². The molecule has 1 N–H and O–H groups in total. The van der Waals surface area contributed by atoms with Gasteiger partial charge in [-0.1, -0.05) is 23.7 Å². The maximum atomic E-state index is 13.5. The van der Waals surface area contributed by atoms with Crippen molar-refractivity contribution in [1.82, 2.24) is 9.80 Å². The highest BCUT2D eigenvalue weighted by Crippen LogP contribution is 2.40. The highest BCUT2D eigenvalue weighted by atomic mass is 35.5. The van der Waals surface area contributed by atoms with Crippen molar-refractivity contribution < 1.29 is 23.8 Å². The first-order chi connectivity index (χ1) is 14.7. The van der Waals surface area contributed by atoms with Gasteiger partial charge < -0.3 is 19.6 Å². The van der Waals surface area contributed by atoms with Crippen LogP contribution in [0.15, 0.2) is 48.0 Å². The Kier molecular flexibility index (Phi) is 6.97. The third kappa shape index (κ3) is 4.73. The maximum Gasteiger partial charge on any atom is 0.295 e. The number of benzene rings is 2. The average Bonchev–Trinajstić information content (AvgIpc) is 2.98. The second kappa shape index (κ2) is 9.49.